The number of hydrogen-bond donors (Lipinski definition) is 1. The van der Waals surface area contributed by atoms with Gasteiger partial charge in [0.05, 0.1) is 6.61 Å². The fraction of sp³-hybridized carbons (Fsp3) is 0.462. The molecule has 0 atom stereocenters. The van der Waals surface area contributed by atoms with Gasteiger partial charge in [0.1, 0.15) is 0 Å². The monoisotopic (exact) mass is 218 g/mol. The van der Waals surface area contributed by atoms with Crippen LogP contribution < -0.4 is 10.1 Å². The minimum Gasteiger partial charge on any atom is -0.490 e. The lowest BCUT2D eigenvalue weighted by atomic mass is 10.2. The molecule has 0 aromatic carbocycles. The van der Waals surface area contributed by atoms with Gasteiger partial charge >= 0.3 is 0 Å². The largest absolute Gasteiger partial charge is 0.490 e. The molecule has 0 saturated carbocycles. The smallest absolute Gasteiger partial charge is 0.168 e. The molecule has 1 aliphatic rings. The van der Waals surface area contributed by atoms with Crippen molar-refractivity contribution in [2.24, 2.45) is 0 Å². The van der Waals surface area contributed by atoms with Crippen LogP contribution in [0, 0.1) is 0 Å². The molecule has 86 valence electrons. The zero-order valence-electron chi connectivity index (χ0n) is 9.65. The van der Waals surface area contributed by atoms with E-state index < -0.39 is 0 Å². The van der Waals surface area contributed by atoms with E-state index >= 15 is 0 Å². The molecule has 0 spiro atoms. The van der Waals surface area contributed by atoms with Crippen LogP contribution in [0.4, 0.5) is 5.82 Å². The first-order chi connectivity index (χ1) is 7.90. The molecular weight excluding hydrogens is 200 g/mol. The fourth-order valence-electron chi connectivity index (χ4n) is 1.76. The summed E-state index contributed by atoms with van der Waals surface area (Å²) in [6.45, 7) is 2.84. The van der Waals surface area contributed by atoms with E-state index in [0.29, 0.717) is 6.04 Å². The van der Waals surface area contributed by atoms with Crippen LogP contribution in [-0.2, 0) is 0 Å². The number of nitrogens with one attached hydrogen (secondary N) is 1. The van der Waals surface area contributed by atoms with Crippen LogP contribution in [0.15, 0.2) is 30.5 Å². The molecule has 0 amide bonds. The summed E-state index contributed by atoms with van der Waals surface area (Å²) in [5.41, 5.74) is 0. The van der Waals surface area contributed by atoms with Gasteiger partial charge in [-0.2, -0.15) is 0 Å². The highest BCUT2D eigenvalue weighted by molar-refractivity contribution is 5.50. The molecule has 0 unspecified atom stereocenters. The lowest BCUT2D eigenvalue weighted by Crippen LogP contribution is -2.16. The van der Waals surface area contributed by atoms with E-state index in [0.717, 1.165) is 37.4 Å². The van der Waals surface area contributed by atoms with Crippen LogP contribution in [0.25, 0.3) is 0 Å². The maximum atomic E-state index is 5.65. The van der Waals surface area contributed by atoms with Gasteiger partial charge < -0.3 is 10.1 Å². The summed E-state index contributed by atoms with van der Waals surface area (Å²) in [5, 5.41) is 3.42. The van der Waals surface area contributed by atoms with Crippen LogP contribution >= 0.6 is 0 Å². The molecule has 0 radical (unpaired) electrons. The van der Waals surface area contributed by atoms with E-state index in [1.807, 2.05) is 12.1 Å². The lowest BCUT2D eigenvalue weighted by Gasteiger charge is -2.15. The Kier molecular flexibility index (Phi) is 3.81. The molecule has 1 aliphatic carbocycles. The van der Waals surface area contributed by atoms with Gasteiger partial charge in [0.15, 0.2) is 11.6 Å². The summed E-state index contributed by atoms with van der Waals surface area (Å²) < 4.78 is 5.65. The molecule has 0 aliphatic heterocycles. The Balaban J connectivity index is 2.00. The number of nitrogens with zero attached hydrogens (tertiary/aromatic N) is 1. The van der Waals surface area contributed by atoms with Crippen LogP contribution in [0.3, 0.4) is 0 Å². The highest BCUT2D eigenvalue weighted by Gasteiger charge is 2.12. The maximum absolute atomic E-state index is 5.65. The van der Waals surface area contributed by atoms with Crippen LogP contribution in [0.2, 0.25) is 0 Å². The number of ether oxygens (including phenoxy) is 1. The Morgan fingerprint density at radius 3 is 3.00 bits per heavy atom. The second kappa shape index (κ2) is 5.54. The summed E-state index contributed by atoms with van der Waals surface area (Å²) in [6.07, 6.45) is 9.36. The molecule has 0 fully saturated rings. The first-order valence-electron chi connectivity index (χ1n) is 5.89. The Morgan fingerprint density at radius 2 is 2.25 bits per heavy atom. The van der Waals surface area contributed by atoms with Gasteiger partial charge in [-0.1, -0.05) is 19.1 Å². The highest BCUT2D eigenvalue weighted by atomic mass is 16.5. The third kappa shape index (κ3) is 2.75. The van der Waals surface area contributed by atoms with E-state index in [4.69, 9.17) is 4.74 Å². The number of aromatic nitrogens is 1. The van der Waals surface area contributed by atoms with Crippen LogP contribution in [-0.4, -0.2) is 17.6 Å². The van der Waals surface area contributed by atoms with E-state index in [9.17, 15) is 0 Å². The van der Waals surface area contributed by atoms with Crippen molar-refractivity contribution in [3.05, 3.63) is 30.5 Å². The molecule has 0 bridgehead atoms. The Labute approximate surface area is 96.5 Å². The highest BCUT2D eigenvalue weighted by Crippen LogP contribution is 2.24. The van der Waals surface area contributed by atoms with Gasteiger partial charge in [0, 0.05) is 12.2 Å². The van der Waals surface area contributed by atoms with Gasteiger partial charge in [-0.3, -0.25) is 0 Å². The third-order valence-corrected chi connectivity index (χ3v) is 2.58. The SMILES string of the molecule is CCCOc1cccnc1NC1CC=CC1. The summed E-state index contributed by atoms with van der Waals surface area (Å²) in [7, 11) is 0. The maximum Gasteiger partial charge on any atom is 0.168 e. The van der Waals surface area contributed by atoms with Crippen molar-refractivity contribution in [3.8, 4) is 5.75 Å². The summed E-state index contributed by atoms with van der Waals surface area (Å²) in [5.74, 6) is 1.72. The topological polar surface area (TPSA) is 34.1 Å². The van der Waals surface area contributed by atoms with Crippen LogP contribution in [0.1, 0.15) is 26.2 Å². The van der Waals surface area contributed by atoms with Gasteiger partial charge in [0.25, 0.3) is 0 Å². The van der Waals surface area contributed by atoms with E-state index in [-0.39, 0.29) is 0 Å². The quantitative estimate of drug-likeness (QED) is 0.771. The Bertz CT molecular complexity index is 355. The van der Waals surface area contributed by atoms with E-state index in [2.05, 4.69) is 29.4 Å². The molecule has 3 heteroatoms. The molecule has 16 heavy (non-hydrogen) atoms. The molecule has 1 N–H and O–H groups in total. The standard InChI is InChI=1S/C13H18N2O/c1-2-10-16-12-8-5-9-14-13(12)15-11-6-3-4-7-11/h3-5,8-9,11H,2,6-7,10H2,1H3,(H,14,15). The number of anilines is 1. The normalized spacial score (nSPS) is 15.3. The first-order valence-corrected chi connectivity index (χ1v) is 5.89. The summed E-state index contributed by atoms with van der Waals surface area (Å²) in [6, 6.07) is 4.34. The van der Waals surface area contributed by atoms with Crippen LogP contribution in [0.5, 0.6) is 5.75 Å². The van der Waals surface area contributed by atoms with Crippen molar-refractivity contribution >= 4 is 5.82 Å². The van der Waals surface area contributed by atoms with Crippen molar-refractivity contribution in [2.45, 2.75) is 32.2 Å². The molecule has 3 nitrogen and oxygen atoms in total. The van der Waals surface area contributed by atoms with Gasteiger partial charge in [0.2, 0.25) is 0 Å². The first kappa shape index (κ1) is 11.0. The van der Waals surface area contributed by atoms with E-state index in [1.165, 1.54) is 0 Å². The minimum absolute atomic E-state index is 0.471. The van der Waals surface area contributed by atoms with Gasteiger partial charge in [-0.15, -0.1) is 0 Å². The second-order valence-electron chi connectivity index (χ2n) is 3.98. The molecule has 1 aromatic heterocycles. The van der Waals surface area contributed by atoms with Crippen molar-refractivity contribution in [1.82, 2.24) is 4.98 Å². The van der Waals surface area contributed by atoms with E-state index in [1.54, 1.807) is 6.20 Å². The predicted molar refractivity (Wildman–Crippen MR) is 65.8 cm³/mol. The zero-order valence-corrected chi connectivity index (χ0v) is 9.65. The van der Waals surface area contributed by atoms with Crippen molar-refractivity contribution in [2.75, 3.05) is 11.9 Å². The molecule has 0 saturated heterocycles. The average Bonchev–Trinajstić information content (AvgIpc) is 2.81. The van der Waals surface area contributed by atoms with Crippen molar-refractivity contribution < 1.29 is 4.74 Å². The second-order valence-corrected chi connectivity index (χ2v) is 3.98. The molecular formula is C13H18N2O. The lowest BCUT2D eigenvalue weighted by molar-refractivity contribution is 0.317. The number of rotatable bonds is 5. The predicted octanol–water partition coefficient (Wildman–Crippen LogP) is 3.00. The summed E-state index contributed by atoms with van der Waals surface area (Å²) >= 11 is 0. The Hall–Kier alpha value is -1.51. The fourth-order valence-corrected chi connectivity index (χ4v) is 1.76. The number of pyridine rings is 1. The molecule has 1 aromatic rings. The Morgan fingerprint density at radius 1 is 1.44 bits per heavy atom. The zero-order chi connectivity index (χ0) is 11.2. The van der Waals surface area contributed by atoms with Crippen molar-refractivity contribution in [1.29, 1.82) is 0 Å². The molecule has 2 rings (SSSR count). The minimum atomic E-state index is 0.471. The van der Waals surface area contributed by atoms with Gasteiger partial charge in [-0.05, 0) is 31.4 Å². The summed E-state index contributed by atoms with van der Waals surface area (Å²) in [4.78, 5) is 4.33. The third-order valence-electron chi connectivity index (χ3n) is 2.58. The van der Waals surface area contributed by atoms with Gasteiger partial charge in [-0.25, -0.2) is 4.98 Å². The van der Waals surface area contributed by atoms with Crippen molar-refractivity contribution in [3.63, 3.8) is 0 Å². The average molecular weight is 218 g/mol. The molecule has 1 heterocycles. The number of hydrogen-bond acceptors (Lipinski definition) is 3.